The first-order chi connectivity index (χ1) is 7.49. The number of hydrogen-bond donors (Lipinski definition) is 2. The molecule has 1 rings (SSSR count). The highest BCUT2D eigenvalue weighted by atomic mass is 32.2. The molecule has 8 heteroatoms. The van der Waals surface area contributed by atoms with Crippen LogP contribution < -0.4 is 5.32 Å². The SMILES string of the molecule is COCCS(=O)(=O)N1CCNCC1C(=O)O. The summed E-state index contributed by atoms with van der Waals surface area (Å²) in [6, 6.07) is -1.02. The first-order valence-corrected chi connectivity index (χ1v) is 6.52. The van der Waals surface area contributed by atoms with Crippen LogP contribution in [0.1, 0.15) is 0 Å². The van der Waals surface area contributed by atoms with Gasteiger partial charge < -0.3 is 15.2 Å². The molecular weight excluding hydrogens is 236 g/mol. The maximum Gasteiger partial charge on any atom is 0.323 e. The van der Waals surface area contributed by atoms with Crippen LogP contribution in [-0.2, 0) is 19.6 Å². The average molecular weight is 252 g/mol. The fourth-order valence-corrected chi connectivity index (χ4v) is 3.07. The molecule has 94 valence electrons. The highest BCUT2D eigenvalue weighted by molar-refractivity contribution is 7.89. The second-order valence-electron chi connectivity index (χ2n) is 3.48. The summed E-state index contributed by atoms with van der Waals surface area (Å²) in [5, 5.41) is 11.8. The molecule has 0 saturated carbocycles. The fourth-order valence-electron chi connectivity index (χ4n) is 1.54. The van der Waals surface area contributed by atoms with Gasteiger partial charge >= 0.3 is 5.97 Å². The van der Waals surface area contributed by atoms with Gasteiger partial charge in [0.05, 0.1) is 12.4 Å². The molecule has 1 aliphatic heterocycles. The molecule has 1 aliphatic rings. The molecule has 0 bridgehead atoms. The standard InChI is InChI=1S/C8H16N2O5S/c1-15-4-5-16(13,14)10-3-2-9-6-7(10)8(11)12/h7,9H,2-6H2,1H3,(H,11,12). The van der Waals surface area contributed by atoms with Crippen molar-refractivity contribution >= 4 is 16.0 Å². The molecule has 0 aromatic heterocycles. The third-order valence-electron chi connectivity index (χ3n) is 2.38. The molecule has 1 unspecified atom stereocenters. The molecule has 0 aromatic rings. The number of aliphatic carboxylic acids is 1. The number of carboxylic acids is 1. The van der Waals surface area contributed by atoms with E-state index >= 15 is 0 Å². The number of carboxylic acid groups (broad SMARTS) is 1. The van der Waals surface area contributed by atoms with Crippen molar-refractivity contribution in [2.75, 3.05) is 39.1 Å². The van der Waals surface area contributed by atoms with E-state index < -0.39 is 22.0 Å². The number of nitrogens with one attached hydrogen (secondary N) is 1. The van der Waals surface area contributed by atoms with Crippen LogP contribution in [-0.4, -0.2) is 68.9 Å². The molecule has 1 heterocycles. The minimum Gasteiger partial charge on any atom is -0.480 e. The van der Waals surface area contributed by atoms with Gasteiger partial charge in [0, 0.05) is 26.7 Å². The molecule has 1 saturated heterocycles. The third-order valence-corrected chi connectivity index (χ3v) is 4.22. The van der Waals surface area contributed by atoms with E-state index in [1.165, 1.54) is 7.11 Å². The maximum atomic E-state index is 11.8. The van der Waals surface area contributed by atoms with Gasteiger partial charge in [-0.15, -0.1) is 0 Å². The summed E-state index contributed by atoms with van der Waals surface area (Å²) in [6.07, 6.45) is 0. The summed E-state index contributed by atoms with van der Waals surface area (Å²) in [6.45, 7) is 0.860. The third kappa shape index (κ3) is 3.14. The second kappa shape index (κ2) is 5.58. The maximum absolute atomic E-state index is 11.8. The van der Waals surface area contributed by atoms with E-state index in [4.69, 9.17) is 9.84 Å². The predicted molar refractivity (Wildman–Crippen MR) is 56.7 cm³/mol. The molecule has 1 atom stereocenters. The molecule has 2 N–H and O–H groups in total. The summed E-state index contributed by atoms with van der Waals surface area (Å²) in [5.74, 6) is -1.32. The fraction of sp³-hybridized carbons (Fsp3) is 0.875. The highest BCUT2D eigenvalue weighted by Gasteiger charge is 2.36. The van der Waals surface area contributed by atoms with Gasteiger partial charge in [-0.2, -0.15) is 4.31 Å². The molecule has 0 amide bonds. The van der Waals surface area contributed by atoms with E-state index in [2.05, 4.69) is 5.32 Å². The normalized spacial score (nSPS) is 23.2. The minimum absolute atomic E-state index is 0.0681. The van der Waals surface area contributed by atoms with E-state index in [9.17, 15) is 13.2 Å². The zero-order valence-corrected chi connectivity index (χ0v) is 9.87. The second-order valence-corrected chi connectivity index (χ2v) is 5.52. The topological polar surface area (TPSA) is 95.9 Å². The number of ether oxygens (including phenoxy) is 1. The summed E-state index contributed by atoms with van der Waals surface area (Å²) in [4.78, 5) is 10.9. The Kier molecular flexibility index (Phi) is 4.66. The zero-order chi connectivity index (χ0) is 12.2. The van der Waals surface area contributed by atoms with Gasteiger partial charge in [-0.05, 0) is 0 Å². The van der Waals surface area contributed by atoms with Crippen LogP contribution in [0.4, 0.5) is 0 Å². The van der Waals surface area contributed by atoms with Crippen molar-refractivity contribution in [2.45, 2.75) is 6.04 Å². The quantitative estimate of drug-likeness (QED) is 0.607. The minimum atomic E-state index is -3.55. The number of hydrogen-bond acceptors (Lipinski definition) is 5. The lowest BCUT2D eigenvalue weighted by atomic mass is 10.2. The average Bonchev–Trinajstić information content (AvgIpc) is 2.26. The van der Waals surface area contributed by atoms with E-state index in [1.54, 1.807) is 0 Å². The number of sulfonamides is 1. The Morgan fingerprint density at radius 3 is 2.88 bits per heavy atom. The van der Waals surface area contributed by atoms with Crippen LogP contribution in [0.15, 0.2) is 0 Å². The van der Waals surface area contributed by atoms with Crippen LogP contribution in [0, 0.1) is 0 Å². The van der Waals surface area contributed by atoms with Gasteiger partial charge in [-0.3, -0.25) is 4.79 Å². The van der Waals surface area contributed by atoms with Crippen LogP contribution in [0.25, 0.3) is 0 Å². The van der Waals surface area contributed by atoms with Gasteiger partial charge in [0.1, 0.15) is 6.04 Å². The molecule has 0 aliphatic carbocycles. The summed E-state index contributed by atoms with van der Waals surface area (Å²) in [7, 11) is -2.15. The monoisotopic (exact) mass is 252 g/mol. The van der Waals surface area contributed by atoms with Crippen molar-refractivity contribution in [3.05, 3.63) is 0 Å². The number of nitrogens with zero attached hydrogens (tertiary/aromatic N) is 1. The number of carbonyl (C=O) groups is 1. The molecule has 0 spiro atoms. The van der Waals surface area contributed by atoms with Crippen molar-refractivity contribution < 1.29 is 23.1 Å². The first kappa shape index (κ1) is 13.4. The van der Waals surface area contributed by atoms with Crippen LogP contribution >= 0.6 is 0 Å². The highest BCUT2D eigenvalue weighted by Crippen LogP contribution is 2.10. The van der Waals surface area contributed by atoms with E-state index in [0.29, 0.717) is 6.54 Å². The Hall–Kier alpha value is -0.700. The Labute approximate surface area is 94.4 Å². The lowest BCUT2D eigenvalue weighted by Crippen LogP contribution is -2.57. The summed E-state index contributed by atoms with van der Waals surface area (Å²) in [5.41, 5.74) is 0. The van der Waals surface area contributed by atoms with Crippen LogP contribution in [0.3, 0.4) is 0 Å². The lowest BCUT2D eigenvalue weighted by molar-refractivity contribution is -0.141. The Bertz CT molecular complexity index is 342. The summed E-state index contributed by atoms with van der Waals surface area (Å²) >= 11 is 0. The van der Waals surface area contributed by atoms with E-state index in [-0.39, 0.29) is 25.4 Å². The smallest absolute Gasteiger partial charge is 0.323 e. The predicted octanol–water partition coefficient (Wildman–Crippen LogP) is -1.68. The van der Waals surface area contributed by atoms with Crippen molar-refractivity contribution in [3.63, 3.8) is 0 Å². The van der Waals surface area contributed by atoms with E-state index in [0.717, 1.165) is 4.31 Å². The van der Waals surface area contributed by atoms with Crippen molar-refractivity contribution in [2.24, 2.45) is 0 Å². The summed E-state index contributed by atoms with van der Waals surface area (Å²) < 4.78 is 29.4. The van der Waals surface area contributed by atoms with Crippen LogP contribution in [0.2, 0.25) is 0 Å². The molecule has 7 nitrogen and oxygen atoms in total. The van der Waals surface area contributed by atoms with E-state index in [1.807, 2.05) is 0 Å². The van der Waals surface area contributed by atoms with Gasteiger partial charge in [0.25, 0.3) is 0 Å². The van der Waals surface area contributed by atoms with Gasteiger partial charge in [0.15, 0.2) is 0 Å². The molecule has 16 heavy (non-hydrogen) atoms. The molecule has 0 radical (unpaired) electrons. The molecule has 1 fully saturated rings. The zero-order valence-electron chi connectivity index (χ0n) is 9.05. The Morgan fingerprint density at radius 1 is 1.62 bits per heavy atom. The molecular formula is C8H16N2O5S. The van der Waals surface area contributed by atoms with Crippen molar-refractivity contribution in [1.82, 2.24) is 9.62 Å². The van der Waals surface area contributed by atoms with Crippen molar-refractivity contribution in [3.8, 4) is 0 Å². The number of methoxy groups -OCH3 is 1. The van der Waals surface area contributed by atoms with Crippen LogP contribution in [0.5, 0.6) is 0 Å². The number of rotatable bonds is 5. The lowest BCUT2D eigenvalue weighted by Gasteiger charge is -2.32. The first-order valence-electron chi connectivity index (χ1n) is 4.91. The number of piperazine rings is 1. The van der Waals surface area contributed by atoms with Gasteiger partial charge in [-0.1, -0.05) is 0 Å². The van der Waals surface area contributed by atoms with Crippen molar-refractivity contribution in [1.29, 1.82) is 0 Å². The van der Waals surface area contributed by atoms with Gasteiger partial charge in [-0.25, -0.2) is 8.42 Å². The Morgan fingerprint density at radius 2 is 2.31 bits per heavy atom. The molecule has 0 aromatic carbocycles. The largest absolute Gasteiger partial charge is 0.480 e. The van der Waals surface area contributed by atoms with Gasteiger partial charge in [0.2, 0.25) is 10.0 Å². The Balaban J connectivity index is 2.78.